The molecule has 1 fully saturated rings. The summed E-state index contributed by atoms with van der Waals surface area (Å²) in [6.45, 7) is 1.41. The number of nitrogens with one attached hydrogen (secondary N) is 1. The van der Waals surface area contributed by atoms with Gasteiger partial charge in [0, 0.05) is 6.07 Å². The van der Waals surface area contributed by atoms with Crippen LogP contribution in [0.25, 0.3) is 0 Å². The Balaban J connectivity index is 2.26. The normalized spacial score (nSPS) is 16.9. The second kappa shape index (κ2) is 5.66. The van der Waals surface area contributed by atoms with Gasteiger partial charge in [0.05, 0.1) is 5.56 Å². The van der Waals surface area contributed by atoms with Crippen molar-refractivity contribution in [3.8, 4) is 5.88 Å². The van der Waals surface area contributed by atoms with Crippen molar-refractivity contribution < 1.29 is 27.8 Å². The number of ether oxygens (including phenoxy) is 1. The summed E-state index contributed by atoms with van der Waals surface area (Å²) in [5.41, 5.74) is -1.75. The van der Waals surface area contributed by atoms with E-state index in [1.165, 1.54) is 0 Å². The minimum absolute atomic E-state index is 0.256. The van der Waals surface area contributed by atoms with Crippen LogP contribution in [0.15, 0.2) is 12.1 Å². The lowest BCUT2D eigenvalue weighted by molar-refractivity contribution is -0.141. The van der Waals surface area contributed by atoms with Gasteiger partial charge in [-0.15, -0.1) is 0 Å². The lowest BCUT2D eigenvalue weighted by Crippen LogP contribution is -2.34. The number of carboxylic acid groups (broad SMARTS) is 1. The largest absolute Gasteiger partial charge is 0.478 e. The summed E-state index contributed by atoms with van der Waals surface area (Å²) in [7, 11) is 0. The molecule has 0 saturated carbocycles. The van der Waals surface area contributed by atoms with Gasteiger partial charge in [0.1, 0.15) is 11.8 Å². The first-order chi connectivity index (χ1) is 9.36. The molecule has 1 saturated heterocycles. The van der Waals surface area contributed by atoms with Gasteiger partial charge in [0.25, 0.3) is 0 Å². The monoisotopic (exact) mass is 290 g/mol. The van der Waals surface area contributed by atoms with E-state index in [1.54, 1.807) is 0 Å². The average molecular weight is 290 g/mol. The molecule has 0 bridgehead atoms. The van der Waals surface area contributed by atoms with E-state index in [-0.39, 0.29) is 12.0 Å². The quantitative estimate of drug-likeness (QED) is 0.890. The van der Waals surface area contributed by atoms with Crippen molar-refractivity contribution in [2.24, 2.45) is 0 Å². The Morgan fingerprint density at radius 3 is 2.55 bits per heavy atom. The molecule has 2 rings (SSSR count). The maximum atomic E-state index is 12.7. The summed E-state index contributed by atoms with van der Waals surface area (Å²) in [5, 5.41) is 11.9. The van der Waals surface area contributed by atoms with E-state index in [0.29, 0.717) is 32.0 Å². The van der Waals surface area contributed by atoms with Crippen LogP contribution in [0, 0.1) is 0 Å². The first-order valence-electron chi connectivity index (χ1n) is 6.06. The van der Waals surface area contributed by atoms with Crippen LogP contribution in [0.1, 0.15) is 28.9 Å². The number of hydrogen-bond donors (Lipinski definition) is 2. The number of halogens is 3. The smallest absolute Gasteiger partial charge is 0.433 e. The average Bonchev–Trinajstić information content (AvgIpc) is 2.38. The van der Waals surface area contributed by atoms with Gasteiger partial charge in [-0.1, -0.05) is 0 Å². The molecular weight excluding hydrogens is 277 g/mol. The summed E-state index contributed by atoms with van der Waals surface area (Å²) in [6, 6.07) is 1.51. The van der Waals surface area contributed by atoms with E-state index < -0.39 is 23.4 Å². The molecular formula is C12H13F3N2O3. The fraction of sp³-hybridized carbons (Fsp3) is 0.500. The van der Waals surface area contributed by atoms with Crippen LogP contribution in [0.3, 0.4) is 0 Å². The van der Waals surface area contributed by atoms with Crippen LogP contribution in [-0.2, 0) is 6.18 Å². The number of hydrogen-bond acceptors (Lipinski definition) is 4. The van der Waals surface area contributed by atoms with Crippen LogP contribution >= 0.6 is 0 Å². The molecule has 5 nitrogen and oxygen atoms in total. The van der Waals surface area contributed by atoms with E-state index >= 15 is 0 Å². The summed E-state index contributed by atoms with van der Waals surface area (Å²) in [6.07, 6.45) is -3.69. The van der Waals surface area contributed by atoms with Gasteiger partial charge in [-0.05, 0) is 32.0 Å². The van der Waals surface area contributed by atoms with Gasteiger partial charge < -0.3 is 15.2 Å². The number of carboxylic acids is 1. The Labute approximate surface area is 112 Å². The number of carbonyl (C=O) groups is 1. The van der Waals surface area contributed by atoms with Crippen molar-refractivity contribution in [3.63, 3.8) is 0 Å². The molecule has 0 spiro atoms. The van der Waals surface area contributed by atoms with E-state index in [9.17, 15) is 18.0 Å². The SMILES string of the molecule is O=C(O)c1cc(OC2CCNCC2)nc(C(F)(F)F)c1. The molecule has 0 radical (unpaired) electrons. The van der Waals surface area contributed by atoms with Crippen LogP contribution in [-0.4, -0.2) is 35.3 Å². The second-order valence-corrected chi connectivity index (χ2v) is 4.45. The number of aromatic nitrogens is 1. The molecule has 1 aromatic heterocycles. The number of alkyl halides is 3. The van der Waals surface area contributed by atoms with Crippen molar-refractivity contribution in [1.29, 1.82) is 0 Å². The molecule has 0 atom stereocenters. The maximum Gasteiger partial charge on any atom is 0.433 e. The van der Waals surface area contributed by atoms with Crippen LogP contribution in [0.4, 0.5) is 13.2 Å². The number of pyridine rings is 1. The molecule has 110 valence electrons. The third-order valence-corrected chi connectivity index (χ3v) is 2.91. The minimum Gasteiger partial charge on any atom is -0.478 e. The van der Waals surface area contributed by atoms with E-state index in [2.05, 4.69) is 10.3 Å². The van der Waals surface area contributed by atoms with Crippen molar-refractivity contribution in [2.75, 3.05) is 13.1 Å². The summed E-state index contributed by atoms with van der Waals surface area (Å²) in [4.78, 5) is 14.2. The molecule has 2 N–H and O–H groups in total. The molecule has 1 aromatic rings. The van der Waals surface area contributed by atoms with Crippen LogP contribution in [0.2, 0.25) is 0 Å². The summed E-state index contributed by atoms with van der Waals surface area (Å²) in [5.74, 6) is -1.75. The zero-order valence-electron chi connectivity index (χ0n) is 10.4. The molecule has 20 heavy (non-hydrogen) atoms. The molecule has 0 unspecified atom stereocenters. The van der Waals surface area contributed by atoms with Gasteiger partial charge in [-0.2, -0.15) is 13.2 Å². The Morgan fingerprint density at radius 2 is 2.00 bits per heavy atom. The topological polar surface area (TPSA) is 71.5 Å². The Kier molecular flexibility index (Phi) is 4.12. The highest BCUT2D eigenvalue weighted by molar-refractivity contribution is 5.88. The molecule has 1 aliphatic rings. The highest BCUT2D eigenvalue weighted by atomic mass is 19.4. The van der Waals surface area contributed by atoms with E-state index in [4.69, 9.17) is 9.84 Å². The van der Waals surface area contributed by atoms with Gasteiger partial charge >= 0.3 is 12.1 Å². The third-order valence-electron chi connectivity index (χ3n) is 2.91. The van der Waals surface area contributed by atoms with Crippen molar-refractivity contribution in [1.82, 2.24) is 10.3 Å². The molecule has 2 heterocycles. The molecule has 0 aliphatic carbocycles. The minimum atomic E-state index is -4.71. The maximum absolute atomic E-state index is 12.7. The zero-order chi connectivity index (χ0) is 14.8. The van der Waals surface area contributed by atoms with Crippen LogP contribution in [0.5, 0.6) is 5.88 Å². The molecule has 0 amide bonds. The zero-order valence-corrected chi connectivity index (χ0v) is 10.4. The molecule has 8 heteroatoms. The first kappa shape index (κ1) is 14.6. The molecule has 0 aromatic carbocycles. The van der Waals surface area contributed by atoms with Crippen molar-refractivity contribution in [2.45, 2.75) is 25.1 Å². The third kappa shape index (κ3) is 3.60. The Hall–Kier alpha value is -1.83. The van der Waals surface area contributed by atoms with Crippen LogP contribution < -0.4 is 10.1 Å². The standard InChI is InChI=1S/C12H13F3N2O3/c13-12(14,15)9-5-7(11(18)19)6-10(17-9)20-8-1-3-16-4-2-8/h5-6,8,16H,1-4H2,(H,18,19). The van der Waals surface area contributed by atoms with Crippen molar-refractivity contribution in [3.05, 3.63) is 23.4 Å². The number of piperidine rings is 1. The Bertz CT molecular complexity index is 499. The highest BCUT2D eigenvalue weighted by Crippen LogP contribution is 2.30. The fourth-order valence-electron chi connectivity index (χ4n) is 1.92. The lowest BCUT2D eigenvalue weighted by atomic mass is 10.1. The number of aromatic carboxylic acids is 1. The van der Waals surface area contributed by atoms with E-state index in [1.807, 2.05) is 0 Å². The van der Waals surface area contributed by atoms with Gasteiger partial charge in [-0.3, -0.25) is 0 Å². The predicted molar refractivity (Wildman–Crippen MR) is 62.7 cm³/mol. The first-order valence-corrected chi connectivity index (χ1v) is 6.06. The molecule has 1 aliphatic heterocycles. The van der Waals surface area contributed by atoms with Crippen molar-refractivity contribution >= 4 is 5.97 Å². The number of nitrogens with zero attached hydrogens (tertiary/aromatic N) is 1. The Morgan fingerprint density at radius 1 is 1.35 bits per heavy atom. The van der Waals surface area contributed by atoms with Gasteiger partial charge in [0.15, 0.2) is 0 Å². The second-order valence-electron chi connectivity index (χ2n) is 4.45. The van der Waals surface area contributed by atoms with Gasteiger partial charge in [0.2, 0.25) is 5.88 Å². The predicted octanol–water partition coefficient (Wildman–Crippen LogP) is 1.93. The van der Waals surface area contributed by atoms with Gasteiger partial charge in [-0.25, -0.2) is 9.78 Å². The summed E-state index contributed by atoms with van der Waals surface area (Å²) < 4.78 is 43.4. The van der Waals surface area contributed by atoms with E-state index in [0.717, 1.165) is 6.07 Å². The lowest BCUT2D eigenvalue weighted by Gasteiger charge is -2.23. The number of rotatable bonds is 3. The fourth-order valence-corrected chi connectivity index (χ4v) is 1.92. The summed E-state index contributed by atoms with van der Waals surface area (Å²) >= 11 is 0. The highest BCUT2D eigenvalue weighted by Gasteiger charge is 2.34.